The quantitative estimate of drug-likeness (QED) is 0.924. The number of halogens is 2. The molecule has 5 heteroatoms. The summed E-state index contributed by atoms with van der Waals surface area (Å²) in [6.07, 6.45) is 5.52. The standard InChI is InChI=1S/C14H20Cl2N2O/c1-2-14(19)13-5-3-4-6-18(13)9-12-11(16)7-10(15)8-17-12/h7-8,13-14,19H,2-6,9H2,1H3. The summed E-state index contributed by atoms with van der Waals surface area (Å²) in [7, 11) is 0. The summed E-state index contributed by atoms with van der Waals surface area (Å²) >= 11 is 12.0. The average Bonchev–Trinajstić information content (AvgIpc) is 2.41. The minimum atomic E-state index is -0.272. The van der Waals surface area contributed by atoms with E-state index in [9.17, 15) is 5.11 Å². The minimum absolute atomic E-state index is 0.215. The third-order valence-electron chi connectivity index (χ3n) is 3.76. The summed E-state index contributed by atoms with van der Waals surface area (Å²) in [5.41, 5.74) is 0.835. The van der Waals surface area contributed by atoms with Gasteiger partial charge in [0.15, 0.2) is 0 Å². The van der Waals surface area contributed by atoms with Crippen molar-refractivity contribution in [2.24, 2.45) is 0 Å². The molecule has 2 atom stereocenters. The highest BCUT2D eigenvalue weighted by Crippen LogP contribution is 2.26. The third-order valence-corrected chi connectivity index (χ3v) is 4.30. The van der Waals surface area contributed by atoms with Crippen LogP contribution in [-0.4, -0.2) is 33.7 Å². The second kappa shape index (κ2) is 6.89. The Labute approximate surface area is 124 Å². The largest absolute Gasteiger partial charge is 0.392 e. The molecule has 0 aromatic carbocycles. The van der Waals surface area contributed by atoms with Gasteiger partial charge < -0.3 is 5.11 Å². The van der Waals surface area contributed by atoms with Gasteiger partial charge in [-0.1, -0.05) is 36.5 Å². The van der Waals surface area contributed by atoms with Gasteiger partial charge in [-0.3, -0.25) is 9.88 Å². The van der Waals surface area contributed by atoms with E-state index in [1.54, 1.807) is 12.3 Å². The lowest BCUT2D eigenvalue weighted by molar-refractivity contribution is 0.0189. The summed E-state index contributed by atoms with van der Waals surface area (Å²) < 4.78 is 0. The summed E-state index contributed by atoms with van der Waals surface area (Å²) in [4.78, 5) is 6.60. The van der Waals surface area contributed by atoms with Crippen LogP contribution in [0.3, 0.4) is 0 Å². The van der Waals surface area contributed by atoms with Crippen molar-refractivity contribution in [3.8, 4) is 0 Å². The van der Waals surface area contributed by atoms with E-state index < -0.39 is 0 Å². The van der Waals surface area contributed by atoms with Gasteiger partial charge in [-0.05, 0) is 31.9 Å². The van der Waals surface area contributed by atoms with Gasteiger partial charge in [-0.2, -0.15) is 0 Å². The maximum absolute atomic E-state index is 10.1. The second-order valence-corrected chi connectivity index (χ2v) is 5.93. The van der Waals surface area contributed by atoms with Crippen molar-refractivity contribution in [3.05, 3.63) is 28.0 Å². The molecule has 2 heterocycles. The van der Waals surface area contributed by atoms with Crippen molar-refractivity contribution >= 4 is 23.2 Å². The predicted molar refractivity (Wildman–Crippen MR) is 78.6 cm³/mol. The lowest BCUT2D eigenvalue weighted by Gasteiger charge is -2.38. The molecule has 1 fully saturated rings. The molecular weight excluding hydrogens is 283 g/mol. The van der Waals surface area contributed by atoms with Crippen LogP contribution < -0.4 is 0 Å². The minimum Gasteiger partial charge on any atom is -0.392 e. The summed E-state index contributed by atoms with van der Waals surface area (Å²) in [5, 5.41) is 11.3. The molecular formula is C14H20Cl2N2O. The first-order valence-electron chi connectivity index (χ1n) is 6.84. The van der Waals surface area contributed by atoms with Crippen LogP contribution in [0.2, 0.25) is 10.0 Å². The van der Waals surface area contributed by atoms with Crippen LogP contribution in [0.4, 0.5) is 0 Å². The zero-order valence-corrected chi connectivity index (χ0v) is 12.7. The molecule has 1 aliphatic rings. The summed E-state index contributed by atoms with van der Waals surface area (Å²) in [6.45, 7) is 3.69. The van der Waals surface area contributed by atoms with E-state index in [-0.39, 0.29) is 12.1 Å². The van der Waals surface area contributed by atoms with Gasteiger partial charge in [0, 0.05) is 18.8 Å². The van der Waals surface area contributed by atoms with Crippen LogP contribution >= 0.6 is 23.2 Å². The lowest BCUT2D eigenvalue weighted by atomic mass is 9.95. The highest BCUT2D eigenvalue weighted by molar-refractivity contribution is 6.34. The van der Waals surface area contributed by atoms with Gasteiger partial charge in [0.1, 0.15) is 0 Å². The smallest absolute Gasteiger partial charge is 0.0731 e. The number of hydrogen-bond donors (Lipinski definition) is 1. The van der Waals surface area contributed by atoms with Gasteiger partial charge in [0.2, 0.25) is 0 Å². The molecule has 1 aromatic heterocycles. The molecule has 0 bridgehead atoms. The van der Waals surface area contributed by atoms with E-state index in [4.69, 9.17) is 23.2 Å². The lowest BCUT2D eigenvalue weighted by Crippen LogP contribution is -2.46. The number of piperidine rings is 1. The molecule has 0 saturated carbocycles. The van der Waals surface area contributed by atoms with Crippen LogP contribution in [0.5, 0.6) is 0 Å². The maximum Gasteiger partial charge on any atom is 0.0731 e. The number of aromatic nitrogens is 1. The number of hydrogen-bond acceptors (Lipinski definition) is 3. The van der Waals surface area contributed by atoms with Crippen molar-refractivity contribution in [1.29, 1.82) is 0 Å². The Morgan fingerprint density at radius 2 is 2.26 bits per heavy atom. The van der Waals surface area contributed by atoms with Crippen molar-refractivity contribution < 1.29 is 5.11 Å². The number of aliphatic hydroxyl groups excluding tert-OH is 1. The molecule has 1 saturated heterocycles. The zero-order valence-electron chi connectivity index (χ0n) is 11.1. The first-order valence-corrected chi connectivity index (χ1v) is 7.59. The molecule has 1 aliphatic heterocycles. The molecule has 0 radical (unpaired) electrons. The van der Waals surface area contributed by atoms with E-state index in [2.05, 4.69) is 9.88 Å². The molecule has 19 heavy (non-hydrogen) atoms. The molecule has 3 nitrogen and oxygen atoms in total. The highest BCUT2D eigenvalue weighted by atomic mass is 35.5. The molecule has 0 aliphatic carbocycles. The van der Waals surface area contributed by atoms with Crippen LogP contribution in [0.25, 0.3) is 0 Å². The molecule has 2 unspecified atom stereocenters. The number of aliphatic hydroxyl groups is 1. The van der Waals surface area contributed by atoms with Crippen molar-refractivity contribution in [3.63, 3.8) is 0 Å². The first-order chi connectivity index (χ1) is 9.11. The van der Waals surface area contributed by atoms with E-state index >= 15 is 0 Å². The SMILES string of the molecule is CCC(O)C1CCCCN1Cc1ncc(Cl)cc1Cl. The first kappa shape index (κ1) is 15.0. The fourth-order valence-corrected chi connectivity index (χ4v) is 3.11. The Balaban J connectivity index is 2.10. The van der Waals surface area contributed by atoms with Gasteiger partial charge in [0.25, 0.3) is 0 Å². The maximum atomic E-state index is 10.1. The average molecular weight is 303 g/mol. The van der Waals surface area contributed by atoms with Crippen LogP contribution in [0, 0.1) is 0 Å². The summed E-state index contributed by atoms with van der Waals surface area (Å²) in [6, 6.07) is 1.94. The van der Waals surface area contributed by atoms with E-state index in [1.165, 1.54) is 6.42 Å². The van der Waals surface area contributed by atoms with Crippen LogP contribution in [-0.2, 0) is 6.54 Å². The number of likely N-dealkylation sites (tertiary alicyclic amines) is 1. The summed E-state index contributed by atoms with van der Waals surface area (Å²) in [5.74, 6) is 0. The topological polar surface area (TPSA) is 36.4 Å². The van der Waals surface area contributed by atoms with E-state index in [0.717, 1.165) is 31.5 Å². The Kier molecular flexibility index (Phi) is 5.46. The van der Waals surface area contributed by atoms with E-state index in [1.807, 2.05) is 6.92 Å². The van der Waals surface area contributed by atoms with Crippen LogP contribution in [0.15, 0.2) is 12.3 Å². The molecule has 1 aromatic rings. The van der Waals surface area contributed by atoms with Crippen molar-refractivity contribution in [2.45, 2.75) is 51.3 Å². The van der Waals surface area contributed by atoms with E-state index in [0.29, 0.717) is 16.6 Å². The number of pyridine rings is 1. The van der Waals surface area contributed by atoms with Gasteiger partial charge in [-0.25, -0.2) is 0 Å². The zero-order chi connectivity index (χ0) is 13.8. The van der Waals surface area contributed by atoms with Gasteiger partial charge in [0.05, 0.1) is 21.8 Å². The molecule has 1 N–H and O–H groups in total. The Morgan fingerprint density at radius 1 is 1.47 bits per heavy atom. The molecule has 106 valence electrons. The third kappa shape index (κ3) is 3.82. The second-order valence-electron chi connectivity index (χ2n) is 5.09. The van der Waals surface area contributed by atoms with Crippen molar-refractivity contribution in [1.82, 2.24) is 9.88 Å². The Hall–Kier alpha value is -0.350. The number of nitrogens with zero attached hydrogens (tertiary/aromatic N) is 2. The monoisotopic (exact) mass is 302 g/mol. The van der Waals surface area contributed by atoms with Gasteiger partial charge in [-0.15, -0.1) is 0 Å². The van der Waals surface area contributed by atoms with Gasteiger partial charge >= 0.3 is 0 Å². The Bertz CT molecular complexity index is 428. The van der Waals surface area contributed by atoms with Crippen molar-refractivity contribution in [2.75, 3.05) is 6.54 Å². The molecule has 2 rings (SSSR count). The highest BCUT2D eigenvalue weighted by Gasteiger charge is 2.28. The fraction of sp³-hybridized carbons (Fsp3) is 0.643. The molecule has 0 amide bonds. The Morgan fingerprint density at radius 3 is 2.95 bits per heavy atom. The van der Waals surface area contributed by atoms with Crippen LogP contribution in [0.1, 0.15) is 38.3 Å². The molecule has 0 spiro atoms. The predicted octanol–water partition coefficient (Wildman–Crippen LogP) is 3.51. The fourth-order valence-electron chi connectivity index (χ4n) is 2.67. The number of rotatable bonds is 4. The normalized spacial score (nSPS) is 22.4.